The lowest BCUT2D eigenvalue weighted by Crippen LogP contribution is -2.34. The van der Waals surface area contributed by atoms with Crippen molar-refractivity contribution < 1.29 is 9.90 Å². The van der Waals surface area contributed by atoms with Crippen LogP contribution in [0.4, 0.5) is 4.79 Å². The van der Waals surface area contributed by atoms with Crippen LogP contribution in [0.3, 0.4) is 0 Å². The summed E-state index contributed by atoms with van der Waals surface area (Å²) in [6.45, 7) is 3.55. The van der Waals surface area contributed by atoms with Crippen molar-refractivity contribution in [1.82, 2.24) is 30.4 Å². The van der Waals surface area contributed by atoms with Crippen molar-refractivity contribution in [3.8, 4) is 0 Å². The van der Waals surface area contributed by atoms with Gasteiger partial charge in [-0.15, -0.1) is 10.2 Å². The van der Waals surface area contributed by atoms with E-state index in [-0.39, 0.29) is 12.1 Å². The van der Waals surface area contributed by atoms with Crippen LogP contribution >= 0.6 is 11.8 Å². The molecule has 0 radical (unpaired) electrons. The minimum absolute atomic E-state index is 0.00465. The maximum absolute atomic E-state index is 12.6. The lowest BCUT2D eigenvalue weighted by Gasteiger charge is -2.22. The minimum Gasteiger partial charge on any atom is -0.389 e. The second kappa shape index (κ2) is 11.9. The second-order valence-corrected chi connectivity index (χ2v) is 9.17. The van der Waals surface area contributed by atoms with Crippen molar-refractivity contribution >= 4 is 17.8 Å². The van der Waals surface area contributed by atoms with E-state index in [1.807, 2.05) is 66.2 Å². The number of carbonyl (C=O) groups excluding carboxylic acids is 1. The van der Waals surface area contributed by atoms with Gasteiger partial charge in [-0.1, -0.05) is 54.6 Å². The number of aliphatic hydroxyl groups excluding tert-OH is 1. The van der Waals surface area contributed by atoms with Crippen LogP contribution in [0.1, 0.15) is 37.6 Å². The molecule has 1 aliphatic rings. The first-order valence-corrected chi connectivity index (χ1v) is 11.9. The zero-order chi connectivity index (χ0) is 22.1. The van der Waals surface area contributed by atoms with Gasteiger partial charge in [-0.3, -0.25) is 0 Å². The summed E-state index contributed by atoms with van der Waals surface area (Å²) in [5.41, 5.74) is 1.10. The fraction of sp³-hybridized carbons (Fsp3) is 0.545. The summed E-state index contributed by atoms with van der Waals surface area (Å²) in [6, 6.07) is 9.99. The zero-order valence-electron chi connectivity index (χ0n) is 18.2. The first kappa shape index (κ1) is 23.3. The molecule has 2 aromatic rings. The Balaban J connectivity index is 1.47. The molecule has 31 heavy (non-hydrogen) atoms. The number of H-pyrrole nitrogens is 1. The third kappa shape index (κ3) is 7.07. The number of rotatable bonds is 12. The Hall–Kier alpha value is -2.39. The molecule has 2 amide bonds. The molecule has 8 nitrogen and oxygen atoms in total. The van der Waals surface area contributed by atoms with Gasteiger partial charge >= 0.3 is 6.03 Å². The molecule has 1 saturated heterocycles. The van der Waals surface area contributed by atoms with Crippen molar-refractivity contribution in [1.29, 1.82) is 0 Å². The monoisotopic (exact) mass is 444 g/mol. The minimum atomic E-state index is -0.559. The first-order valence-electron chi connectivity index (χ1n) is 10.8. The van der Waals surface area contributed by atoms with Crippen LogP contribution in [0.2, 0.25) is 0 Å². The van der Waals surface area contributed by atoms with Gasteiger partial charge in [0.15, 0.2) is 5.82 Å². The number of nitrogens with zero attached hydrogens (tertiary/aromatic N) is 5. The van der Waals surface area contributed by atoms with E-state index in [1.165, 1.54) is 0 Å². The normalized spacial score (nSPS) is 18.8. The van der Waals surface area contributed by atoms with E-state index in [0.717, 1.165) is 36.4 Å². The molecule has 0 bridgehead atoms. The quantitative estimate of drug-likeness (QED) is 0.489. The van der Waals surface area contributed by atoms with Crippen molar-refractivity contribution in [3.05, 3.63) is 53.9 Å². The molecule has 2 N–H and O–H groups in total. The molecule has 168 valence electrons. The summed E-state index contributed by atoms with van der Waals surface area (Å²) in [7, 11) is 1.83. The van der Waals surface area contributed by atoms with E-state index < -0.39 is 6.10 Å². The average molecular weight is 445 g/mol. The third-order valence-corrected chi connectivity index (χ3v) is 6.96. The Labute approximate surface area is 188 Å². The van der Waals surface area contributed by atoms with E-state index in [9.17, 15) is 9.90 Å². The van der Waals surface area contributed by atoms with Gasteiger partial charge in [0.2, 0.25) is 0 Å². The number of hydrogen-bond acceptors (Lipinski definition) is 6. The molecule has 3 atom stereocenters. The number of amides is 2. The Morgan fingerprint density at radius 1 is 1.35 bits per heavy atom. The molecule has 1 aromatic carbocycles. The molecular formula is C22H32N6O2S. The zero-order valence-corrected chi connectivity index (χ0v) is 19.0. The fourth-order valence-electron chi connectivity index (χ4n) is 3.76. The highest BCUT2D eigenvalue weighted by molar-refractivity contribution is 7.99. The molecule has 2 heterocycles. The van der Waals surface area contributed by atoms with Crippen LogP contribution in [-0.4, -0.2) is 79.1 Å². The first-order chi connectivity index (χ1) is 15.1. The van der Waals surface area contributed by atoms with Crippen LogP contribution in [0.15, 0.2) is 42.5 Å². The molecule has 0 spiro atoms. The maximum Gasteiger partial charge on any atom is 0.320 e. The van der Waals surface area contributed by atoms with Crippen LogP contribution in [0, 0.1) is 0 Å². The van der Waals surface area contributed by atoms with Crippen LogP contribution in [-0.2, 0) is 12.2 Å². The van der Waals surface area contributed by atoms with Crippen molar-refractivity contribution in [3.63, 3.8) is 0 Å². The number of urea groups is 1. The van der Waals surface area contributed by atoms with Gasteiger partial charge in [-0.25, -0.2) is 4.79 Å². The molecule has 2 unspecified atom stereocenters. The van der Waals surface area contributed by atoms with Gasteiger partial charge in [0.25, 0.3) is 0 Å². The summed E-state index contributed by atoms with van der Waals surface area (Å²) >= 11 is 1.83. The van der Waals surface area contributed by atoms with E-state index >= 15 is 0 Å². The highest BCUT2D eigenvalue weighted by atomic mass is 32.2. The summed E-state index contributed by atoms with van der Waals surface area (Å²) < 4.78 is 0. The van der Waals surface area contributed by atoms with Crippen molar-refractivity contribution in [2.24, 2.45) is 0 Å². The maximum atomic E-state index is 12.6. The van der Waals surface area contributed by atoms with Gasteiger partial charge in [-0.2, -0.15) is 17.0 Å². The number of aliphatic hydroxyl groups is 1. The highest BCUT2D eigenvalue weighted by Crippen LogP contribution is 2.24. The predicted octanol–water partition coefficient (Wildman–Crippen LogP) is 2.89. The molecule has 1 aliphatic heterocycles. The largest absolute Gasteiger partial charge is 0.389 e. The summed E-state index contributed by atoms with van der Waals surface area (Å²) in [5.74, 6) is 1.46. The van der Waals surface area contributed by atoms with E-state index in [1.54, 1.807) is 4.90 Å². The van der Waals surface area contributed by atoms with E-state index in [2.05, 4.69) is 27.5 Å². The van der Waals surface area contributed by atoms with Gasteiger partial charge in [0.05, 0.1) is 17.9 Å². The highest BCUT2D eigenvalue weighted by Gasteiger charge is 2.33. The Morgan fingerprint density at radius 2 is 2.16 bits per heavy atom. The number of benzene rings is 1. The average Bonchev–Trinajstić information content (AvgIpc) is 3.39. The van der Waals surface area contributed by atoms with Gasteiger partial charge < -0.3 is 14.9 Å². The number of aromatic nitrogens is 4. The molecular weight excluding hydrogens is 412 g/mol. The smallest absolute Gasteiger partial charge is 0.320 e. The molecule has 0 aliphatic carbocycles. The lowest BCUT2D eigenvalue weighted by atomic mass is 10.1. The van der Waals surface area contributed by atoms with Gasteiger partial charge in [0.1, 0.15) is 0 Å². The van der Waals surface area contributed by atoms with Crippen molar-refractivity contribution in [2.75, 3.05) is 20.1 Å². The summed E-state index contributed by atoms with van der Waals surface area (Å²) in [4.78, 5) is 16.3. The molecule has 3 rings (SSSR count). The van der Waals surface area contributed by atoms with E-state index in [4.69, 9.17) is 0 Å². The topological polar surface area (TPSA) is 98.2 Å². The third-order valence-electron chi connectivity index (χ3n) is 5.49. The van der Waals surface area contributed by atoms with Crippen LogP contribution in [0.25, 0.3) is 0 Å². The number of hydrogen-bond donors (Lipinski definition) is 2. The number of carbonyl (C=O) groups is 1. The number of tetrazole rings is 1. The van der Waals surface area contributed by atoms with E-state index in [0.29, 0.717) is 24.8 Å². The molecule has 0 saturated carbocycles. The summed E-state index contributed by atoms with van der Waals surface area (Å²) in [6.07, 6.45) is 6.85. The standard InChI is InChI=1S/C22H32N6O2S/c1-3-20(31-16-21-23-25-26-24-21)10-7-13-28-18(15-27(2)22(28)30)11-12-19(29)14-17-8-5-4-6-9-17/h4-6,8-9,11-12,18-20,29H,3,7,10,13-16H2,1-2H3,(H,23,24,25,26)/b12-11+/t18-,19?,20?/m0/s1. The number of likely N-dealkylation sites (N-methyl/N-ethyl adjacent to an activating group) is 1. The van der Waals surface area contributed by atoms with Crippen LogP contribution in [0.5, 0.6) is 0 Å². The number of thioether (sulfide) groups is 1. The second-order valence-electron chi connectivity index (χ2n) is 7.88. The SMILES string of the molecule is CCC(CCCN1C(=O)N(C)C[C@@H]1/C=C/C(O)Cc1ccccc1)SCc1nn[nH]n1. The molecule has 1 fully saturated rings. The Kier molecular flexibility index (Phi) is 8.90. The Bertz CT molecular complexity index is 817. The number of aromatic amines is 1. The molecule has 9 heteroatoms. The fourth-order valence-corrected chi connectivity index (χ4v) is 4.83. The number of nitrogens with one attached hydrogen (secondary N) is 1. The lowest BCUT2D eigenvalue weighted by molar-refractivity contribution is 0.193. The summed E-state index contributed by atoms with van der Waals surface area (Å²) in [5, 5.41) is 24.9. The van der Waals surface area contributed by atoms with Gasteiger partial charge in [0, 0.05) is 31.8 Å². The van der Waals surface area contributed by atoms with Crippen LogP contribution < -0.4 is 0 Å². The van der Waals surface area contributed by atoms with Crippen molar-refractivity contribution in [2.45, 2.75) is 55.8 Å². The molecule has 1 aromatic heterocycles. The Morgan fingerprint density at radius 3 is 2.87 bits per heavy atom. The van der Waals surface area contributed by atoms with Gasteiger partial charge in [-0.05, 0) is 24.8 Å². The predicted molar refractivity (Wildman–Crippen MR) is 123 cm³/mol.